The van der Waals surface area contributed by atoms with Crippen molar-refractivity contribution in [1.29, 1.82) is 0 Å². The number of carbonyl (C=O) groups excluding carboxylic acids is 2. The molecule has 1 amide bonds. The fourth-order valence-electron chi connectivity index (χ4n) is 7.49. The summed E-state index contributed by atoms with van der Waals surface area (Å²) in [6, 6.07) is 5.19. The lowest BCUT2D eigenvalue weighted by Crippen LogP contribution is -2.50. The minimum atomic E-state index is -4.51. The number of para-hydroxylation sites is 1. The molecule has 0 aromatic heterocycles. The van der Waals surface area contributed by atoms with E-state index in [0.717, 1.165) is 37.3 Å². The Kier molecular flexibility index (Phi) is 5.15. The molecule has 0 radical (unpaired) electrons. The molecule has 4 aliphatic rings. The van der Waals surface area contributed by atoms with E-state index in [1.54, 1.807) is 0 Å². The normalized spacial score (nSPS) is 37.6. The molecule has 0 bridgehead atoms. The van der Waals surface area contributed by atoms with E-state index in [4.69, 9.17) is 0 Å². The molecule has 1 aromatic rings. The van der Waals surface area contributed by atoms with Crippen molar-refractivity contribution < 1.29 is 22.8 Å². The van der Waals surface area contributed by atoms with Gasteiger partial charge < -0.3 is 5.32 Å². The van der Waals surface area contributed by atoms with Crippen LogP contribution in [0.25, 0.3) is 0 Å². The molecule has 0 saturated heterocycles. The first-order valence-corrected chi connectivity index (χ1v) is 11.9. The molecule has 3 nitrogen and oxygen atoms in total. The maximum Gasteiger partial charge on any atom is 0.418 e. The number of ketones is 1. The van der Waals surface area contributed by atoms with E-state index in [1.165, 1.54) is 18.2 Å². The summed E-state index contributed by atoms with van der Waals surface area (Å²) in [6.45, 7) is 4.44. The number of fused-ring (bicyclic) bond motifs is 5. The Bertz CT molecular complexity index is 1060. The van der Waals surface area contributed by atoms with E-state index in [9.17, 15) is 22.8 Å². The van der Waals surface area contributed by atoms with E-state index in [-0.39, 0.29) is 34.1 Å². The van der Waals surface area contributed by atoms with Gasteiger partial charge in [0.15, 0.2) is 5.78 Å². The molecule has 33 heavy (non-hydrogen) atoms. The van der Waals surface area contributed by atoms with Gasteiger partial charge in [-0.15, -0.1) is 0 Å². The van der Waals surface area contributed by atoms with Gasteiger partial charge in [0.1, 0.15) is 0 Å². The average Bonchev–Trinajstić information content (AvgIpc) is 3.11. The van der Waals surface area contributed by atoms with Gasteiger partial charge in [-0.2, -0.15) is 13.2 Å². The molecule has 176 valence electrons. The number of carbonyl (C=O) groups is 2. The number of hydrogen-bond donors (Lipinski definition) is 1. The van der Waals surface area contributed by atoms with Crippen LogP contribution >= 0.6 is 0 Å². The smallest absolute Gasteiger partial charge is 0.325 e. The predicted molar refractivity (Wildman–Crippen MR) is 120 cm³/mol. The van der Waals surface area contributed by atoms with Gasteiger partial charge in [0.2, 0.25) is 5.91 Å². The highest BCUT2D eigenvalue weighted by atomic mass is 19.4. The van der Waals surface area contributed by atoms with Crippen LogP contribution in [0.1, 0.15) is 57.9 Å². The minimum Gasteiger partial charge on any atom is -0.325 e. The lowest BCUT2D eigenvalue weighted by atomic mass is 9.48. The fraction of sp³-hybridized carbons (Fsp3) is 0.556. The highest BCUT2D eigenvalue weighted by Crippen LogP contribution is 2.65. The second kappa shape index (κ2) is 7.57. The highest BCUT2D eigenvalue weighted by molar-refractivity contribution is 5.94. The quantitative estimate of drug-likeness (QED) is 0.546. The first-order chi connectivity index (χ1) is 15.5. The largest absolute Gasteiger partial charge is 0.418 e. The lowest BCUT2D eigenvalue weighted by molar-refractivity contribution is -0.137. The number of benzene rings is 1. The van der Waals surface area contributed by atoms with Gasteiger partial charge in [-0.1, -0.05) is 38.1 Å². The summed E-state index contributed by atoms with van der Waals surface area (Å²) in [6.07, 6.45) is 6.55. The summed E-state index contributed by atoms with van der Waals surface area (Å²) in [5.41, 5.74) is -0.0935. The molecule has 4 aliphatic carbocycles. The topological polar surface area (TPSA) is 46.2 Å². The number of amides is 1. The van der Waals surface area contributed by atoms with E-state index in [0.29, 0.717) is 30.6 Å². The van der Waals surface area contributed by atoms with Crippen molar-refractivity contribution in [2.75, 3.05) is 5.32 Å². The van der Waals surface area contributed by atoms with Crippen LogP contribution < -0.4 is 5.32 Å². The van der Waals surface area contributed by atoms with Crippen molar-refractivity contribution in [1.82, 2.24) is 0 Å². The van der Waals surface area contributed by atoms with Crippen molar-refractivity contribution in [2.24, 2.45) is 34.5 Å². The van der Waals surface area contributed by atoms with Gasteiger partial charge >= 0.3 is 6.18 Å². The molecule has 5 rings (SSSR count). The summed E-state index contributed by atoms with van der Waals surface area (Å²) >= 11 is 0. The maximum absolute atomic E-state index is 13.4. The Balaban J connectivity index is 1.40. The van der Waals surface area contributed by atoms with Crippen molar-refractivity contribution in [3.63, 3.8) is 0 Å². The first kappa shape index (κ1) is 22.4. The van der Waals surface area contributed by atoms with Gasteiger partial charge in [-0.25, -0.2) is 0 Å². The monoisotopic (exact) mass is 457 g/mol. The van der Waals surface area contributed by atoms with Crippen molar-refractivity contribution >= 4 is 17.4 Å². The van der Waals surface area contributed by atoms with Crippen LogP contribution in [-0.2, 0) is 15.8 Å². The van der Waals surface area contributed by atoms with Crippen molar-refractivity contribution in [3.8, 4) is 0 Å². The van der Waals surface area contributed by atoms with Crippen molar-refractivity contribution in [3.05, 3.63) is 53.6 Å². The van der Waals surface area contributed by atoms with Gasteiger partial charge in [0, 0.05) is 12.3 Å². The molecule has 1 aromatic carbocycles. The second-order valence-corrected chi connectivity index (χ2v) is 10.8. The number of hydrogen-bond acceptors (Lipinski definition) is 2. The van der Waals surface area contributed by atoms with Gasteiger partial charge in [0.25, 0.3) is 0 Å². The van der Waals surface area contributed by atoms with Crippen LogP contribution in [0.2, 0.25) is 0 Å². The molecule has 1 N–H and O–H groups in total. The van der Waals surface area contributed by atoms with Crippen molar-refractivity contribution in [2.45, 2.75) is 58.5 Å². The standard InChI is InChI=1S/C27H30F3NO2/c1-25-13-11-17(32)15-16(25)7-8-18-19-9-10-22(26(19,2)14-12-20(18)25)24(33)31-23-6-4-3-5-21(23)27(28,29)30/h3-8,15,18-20,22H,9-14H2,1-2H3,(H,31,33)/t18-,19-,20-,22+,25-,26-/m0/s1. The van der Waals surface area contributed by atoms with E-state index < -0.39 is 11.7 Å². The second-order valence-electron chi connectivity index (χ2n) is 10.8. The number of nitrogens with one attached hydrogen (secondary N) is 1. The van der Waals surface area contributed by atoms with E-state index in [2.05, 4.69) is 31.3 Å². The summed E-state index contributed by atoms with van der Waals surface area (Å²) in [5.74, 6) is 0.674. The zero-order valence-electron chi connectivity index (χ0n) is 19.0. The molecular formula is C27H30F3NO2. The zero-order chi connectivity index (χ0) is 23.6. The highest BCUT2D eigenvalue weighted by Gasteiger charge is 2.59. The molecule has 0 heterocycles. The third-order valence-corrected chi connectivity index (χ3v) is 9.32. The number of allylic oxidation sites excluding steroid dienone is 4. The fourth-order valence-corrected chi connectivity index (χ4v) is 7.49. The Hall–Kier alpha value is -2.37. The van der Waals surface area contributed by atoms with Crippen LogP contribution in [0.15, 0.2) is 48.1 Å². The van der Waals surface area contributed by atoms with Gasteiger partial charge in [0.05, 0.1) is 11.3 Å². The van der Waals surface area contributed by atoms with Crippen LogP contribution in [0.4, 0.5) is 18.9 Å². The molecular weight excluding hydrogens is 427 g/mol. The molecule has 2 saturated carbocycles. The van der Waals surface area contributed by atoms with Crippen LogP contribution in [0, 0.1) is 34.5 Å². The van der Waals surface area contributed by atoms with Crippen LogP contribution in [0.5, 0.6) is 0 Å². The summed E-state index contributed by atoms with van der Waals surface area (Å²) < 4.78 is 40.3. The third-order valence-electron chi connectivity index (χ3n) is 9.32. The molecule has 0 unspecified atom stereocenters. The average molecular weight is 458 g/mol. The van der Waals surface area contributed by atoms with Crippen LogP contribution in [0.3, 0.4) is 0 Å². The number of anilines is 1. The first-order valence-electron chi connectivity index (χ1n) is 11.9. The molecule has 6 heteroatoms. The van der Waals surface area contributed by atoms with Gasteiger partial charge in [-0.3, -0.25) is 9.59 Å². The summed E-state index contributed by atoms with van der Waals surface area (Å²) in [5, 5.41) is 2.62. The van der Waals surface area contributed by atoms with E-state index >= 15 is 0 Å². The Morgan fingerprint density at radius 3 is 2.58 bits per heavy atom. The predicted octanol–water partition coefficient (Wildman–Crippen LogP) is 6.57. The Morgan fingerprint density at radius 1 is 1.06 bits per heavy atom. The maximum atomic E-state index is 13.4. The van der Waals surface area contributed by atoms with E-state index in [1.807, 2.05) is 6.08 Å². The Morgan fingerprint density at radius 2 is 1.82 bits per heavy atom. The Labute approximate surface area is 192 Å². The SMILES string of the molecule is C[C@]12CC[C@H]3[C@@H](C=CC4=CC(=O)CC[C@@]43C)[C@@H]1CC[C@@H]2C(=O)Nc1ccccc1C(F)(F)F. The lowest BCUT2D eigenvalue weighted by Gasteiger charge is -2.55. The number of rotatable bonds is 2. The summed E-state index contributed by atoms with van der Waals surface area (Å²) in [4.78, 5) is 25.3. The minimum absolute atomic E-state index is 0.0132. The van der Waals surface area contributed by atoms with Crippen LogP contribution in [-0.4, -0.2) is 11.7 Å². The summed E-state index contributed by atoms with van der Waals surface area (Å²) in [7, 11) is 0. The number of alkyl halides is 3. The third kappa shape index (κ3) is 3.48. The molecule has 0 aliphatic heterocycles. The van der Waals surface area contributed by atoms with Gasteiger partial charge in [-0.05, 0) is 84.5 Å². The molecule has 0 spiro atoms. The number of halogens is 3. The molecule has 6 atom stereocenters. The zero-order valence-corrected chi connectivity index (χ0v) is 19.0. The molecule has 2 fully saturated rings.